The molecular weight excluding hydrogens is 396 g/mol. The summed E-state index contributed by atoms with van der Waals surface area (Å²) in [6.45, 7) is 10.5. The number of amides is 2. The van der Waals surface area contributed by atoms with E-state index in [9.17, 15) is 9.59 Å². The Labute approximate surface area is 199 Å². The van der Waals surface area contributed by atoms with Crippen LogP contribution >= 0.6 is 0 Å². The average molecular weight is 451 g/mol. The third kappa shape index (κ3) is 24.9. The molecule has 0 saturated heterocycles. The van der Waals surface area contributed by atoms with Crippen molar-refractivity contribution in [3.63, 3.8) is 0 Å². The van der Waals surface area contributed by atoms with Crippen LogP contribution in [-0.4, -0.2) is 24.9 Å². The number of nitrogens with one attached hydrogen (secondary N) is 2. The van der Waals surface area contributed by atoms with Gasteiger partial charge in [-0.2, -0.15) is 0 Å². The zero-order valence-electron chi connectivity index (χ0n) is 21.9. The maximum atomic E-state index is 11.8. The third-order valence-corrected chi connectivity index (χ3v) is 5.90. The second-order valence-electron chi connectivity index (χ2n) is 10.2. The molecule has 0 aliphatic rings. The van der Waals surface area contributed by atoms with Crippen LogP contribution in [0.15, 0.2) is 12.2 Å². The van der Waals surface area contributed by atoms with E-state index in [0.717, 1.165) is 37.5 Å². The molecule has 0 bridgehead atoms. The summed E-state index contributed by atoms with van der Waals surface area (Å²) in [6.07, 6.45) is 22.9. The summed E-state index contributed by atoms with van der Waals surface area (Å²) in [5.41, 5.74) is 0. The molecule has 0 unspecified atom stereocenters. The SMILES string of the molecule is CC(C)CCCCCCCCCNC(=O)/C=C\C(=O)NCCCCCCCCCC(C)C. The smallest absolute Gasteiger partial charge is 0.244 e. The molecule has 0 aliphatic heterocycles. The van der Waals surface area contributed by atoms with E-state index in [4.69, 9.17) is 0 Å². The normalized spacial score (nSPS) is 11.6. The summed E-state index contributed by atoms with van der Waals surface area (Å²) in [7, 11) is 0. The lowest BCUT2D eigenvalue weighted by atomic mass is 10.0. The molecule has 2 amide bonds. The van der Waals surface area contributed by atoms with Gasteiger partial charge in [0.25, 0.3) is 0 Å². The number of hydrogen-bond donors (Lipinski definition) is 2. The molecule has 32 heavy (non-hydrogen) atoms. The summed E-state index contributed by atoms with van der Waals surface area (Å²) in [5.74, 6) is 1.29. The zero-order valence-corrected chi connectivity index (χ0v) is 21.9. The summed E-state index contributed by atoms with van der Waals surface area (Å²) >= 11 is 0. The lowest BCUT2D eigenvalue weighted by Gasteiger charge is -2.05. The number of carbonyl (C=O) groups excluding carboxylic acids is 2. The van der Waals surface area contributed by atoms with Crippen molar-refractivity contribution in [2.45, 2.75) is 130 Å². The topological polar surface area (TPSA) is 58.2 Å². The summed E-state index contributed by atoms with van der Waals surface area (Å²) in [5, 5.41) is 5.73. The molecule has 4 nitrogen and oxygen atoms in total. The molecular formula is C28H54N2O2. The number of rotatable bonds is 22. The predicted octanol–water partition coefficient (Wildman–Crippen LogP) is 7.33. The van der Waals surface area contributed by atoms with Crippen LogP contribution in [0.2, 0.25) is 0 Å². The number of carbonyl (C=O) groups is 2. The van der Waals surface area contributed by atoms with E-state index in [2.05, 4.69) is 38.3 Å². The van der Waals surface area contributed by atoms with E-state index in [1.807, 2.05) is 0 Å². The van der Waals surface area contributed by atoms with Crippen molar-refractivity contribution in [2.75, 3.05) is 13.1 Å². The van der Waals surface area contributed by atoms with Gasteiger partial charge in [-0.3, -0.25) is 9.59 Å². The highest BCUT2D eigenvalue weighted by Crippen LogP contribution is 2.12. The molecule has 0 atom stereocenters. The molecule has 0 radical (unpaired) electrons. The molecule has 0 aromatic heterocycles. The van der Waals surface area contributed by atoms with Gasteiger partial charge < -0.3 is 10.6 Å². The quantitative estimate of drug-likeness (QED) is 0.134. The summed E-state index contributed by atoms with van der Waals surface area (Å²) < 4.78 is 0. The fourth-order valence-electron chi connectivity index (χ4n) is 3.82. The Hall–Kier alpha value is -1.32. The lowest BCUT2D eigenvalue weighted by Crippen LogP contribution is -2.25. The minimum atomic E-state index is -0.175. The van der Waals surface area contributed by atoms with Crippen LogP contribution in [-0.2, 0) is 9.59 Å². The molecule has 0 spiro atoms. The lowest BCUT2D eigenvalue weighted by molar-refractivity contribution is -0.118. The molecule has 0 heterocycles. The van der Waals surface area contributed by atoms with Crippen molar-refractivity contribution < 1.29 is 9.59 Å². The van der Waals surface area contributed by atoms with Crippen molar-refractivity contribution >= 4 is 11.8 Å². The Balaban J connectivity index is 3.43. The highest BCUT2D eigenvalue weighted by molar-refractivity contribution is 5.96. The molecule has 0 rings (SSSR count). The van der Waals surface area contributed by atoms with Gasteiger partial charge in [-0.1, -0.05) is 118 Å². The Morgan fingerprint density at radius 1 is 0.500 bits per heavy atom. The van der Waals surface area contributed by atoms with Crippen LogP contribution in [0.3, 0.4) is 0 Å². The second kappa shape index (κ2) is 22.9. The van der Waals surface area contributed by atoms with Gasteiger partial charge in [0.1, 0.15) is 0 Å². The van der Waals surface area contributed by atoms with Gasteiger partial charge in [-0.15, -0.1) is 0 Å². The molecule has 4 heteroatoms. The maximum absolute atomic E-state index is 11.8. The molecule has 188 valence electrons. The molecule has 0 aromatic carbocycles. The van der Waals surface area contributed by atoms with Gasteiger partial charge in [0.05, 0.1) is 0 Å². The Bertz CT molecular complexity index is 430. The molecule has 0 saturated carbocycles. The minimum absolute atomic E-state index is 0.175. The summed E-state index contributed by atoms with van der Waals surface area (Å²) in [4.78, 5) is 23.6. The van der Waals surface area contributed by atoms with Gasteiger partial charge in [-0.05, 0) is 24.7 Å². The van der Waals surface area contributed by atoms with E-state index in [1.54, 1.807) is 0 Å². The minimum Gasteiger partial charge on any atom is -0.353 e. The van der Waals surface area contributed by atoms with Crippen molar-refractivity contribution in [1.82, 2.24) is 10.6 Å². The first kappa shape index (κ1) is 30.7. The predicted molar refractivity (Wildman–Crippen MR) is 139 cm³/mol. The van der Waals surface area contributed by atoms with Crippen molar-refractivity contribution in [3.05, 3.63) is 12.2 Å². The average Bonchev–Trinajstić information content (AvgIpc) is 2.74. The van der Waals surface area contributed by atoms with Crippen molar-refractivity contribution in [2.24, 2.45) is 11.8 Å². The van der Waals surface area contributed by atoms with Crippen LogP contribution in [0.4, 0.5) is 0 Å². The van der Waals surface area contributed by atoms with E-state index in [1.165, 1.54) is 89.2 Å². The van der Waals surface area contributed by atoms with Gasteiger partial charge in [0, 0.05) is 25.2 Å². The van der Waals surface area contributed by atoms with Crippen LogP contribution < -0.4 is 10.6 Å². The fraction of sp³-hybridized carbons (Fsp3) is 0.857. The highest BCUT2D eigenvalue weighted by atomic mass is 16.2. The third-order valence-electron chi connectivity index (χ3n) is 5.90. The first-order chi connectivity index (χ1) is 15.4. The summed E-state index contributed by atoms with van der Waals surface area (Å²) in [6, 6.07) is 0. The van der Waals surface area contributed by atoms with E-state index in [0.29, 0.717) is 13.1 Å². The van der Waals surface area contributed by atoms with Gasteiger partial charge in [-0.25, -0.2) is 0 Å². The highest BCUT2D eigenvalue weighted by Gasteiger charge is 2.00. The monoisotopic (exact) mass is 450 g/mol. The van der Waals surface area contributed by atoms with Gasteiger partial charge >= 0.3 is 0 Å². The van der Waals surface area contributed by atoms with Crippen molar-refractivity contribution in [1.29, 1.82) is 0 Å². The molecule has 0 aliphatic carbocycles. The first-order valence-corrected chi connectivity index (χ1v) is 13.7. The zero-order chi connectivity index (χ0) is 23.9. The Morgan fingerprint density at radius 3 is 1.09 bits per heavy atom. The fourth-order valence-corrected chi connectivity index (χ4v) is 3.82. The Morgan fingerprint density at radius 2 is 0.781 bits per heavy atom. The van der Waals surface area contributed by atoms with E-state index < -0.39 is 0 Å². The largest absolute Gasteiger partial charge is 0.353 e. The molecule has 0 aromatic rings. The first-order valence-electron chi connectivity index (χ1n) is 13.7. The van der Waals surface area contributed by atoms with Crippen LogP contribution in [0, 0.1) is 11.8 Å². The maximum Gasteiger partial charge on any atom is 0.244 e. The van der Waals surface area contributed by atoms with Gasteiger partial charge in [0.15, 0.2) is 0 Å². The van der Waals surface area contributed by atoms with Crippen LogP contribution in [0.1, 0.15) is 130 Å². The van der Waals surface area contributed by atoms with E-state index >= 15 is 0 Å². The number of unbranched alkanes of at least 4 members (excludes halogenated alkanes) is 12. The Kier molecular flexibility index (Phi) is 21.9. The number of hydrogen-bond acceptors (Lipinski definition) is 2. The van der Waals surface area contributed by atoms with Crippen molar-refractivity contribution in [3.8, 4) is 0 Å². The van der Waals surface area contributed by atoms with Gasteiger partial charge in [0.2, 0.25) is 11.8 Å². The standard InChI is InChI=1S/C28H54N2O2/c1-25(2)19-15-11-7-5-9-13-17-23-29-27(31)21-22-28(32)30-24-18-14-10-6-8-12-16-20-26(3)4/h21-22,25-26H,5-20,23-24H2,1-4H3,(H,29,31)(H,30,32)/b22-21-. The molecule has 2 N–H and O–H groups in total. The van der Waals surface area contributed by atoms with Crippen LogP contribution in [0.5, 0.6) is 0 Å². The van der Waals surface area contributed by atoms with Crippen LogP contribution in [0.25, 0.3) is 0 Å². The van der Waals surface area contributed by atoms with E-state index in [-0.39, 0.29) is 11.8 Å². The second-order valence-corrected chi connectivity index (χ2v) is 10.2. The molecule has 0 fully saturated rings.